The van der Waals surface area contributed by atoms with Crippen molar-refractivity contribution >= 4 is 52.6 Å². The Hall–Kier alpha value is -4.64. The van der Waals surface area contributed by atoms with Gasteiger partial charge in [-0.1, -0.05) is 0 Å². The summed E-state index contributed by atoms with van der Waals surface area (Å²) in [6.45, 7) is 3.64. The number of nitrogens with zero attached hydrogens (tertiary/aromatic N) is 3. The molecule has 11 heteroatoms. The maximum Gasteiger partial charge on any atom is 0.335 e. The maximum atomic E-state index is 13.3. The van der Waals surface area contributed by atoms with Gasteiger partial charge in [-0.2, -0.15) is 0 Å². The third-order valence-corrected chi connectivity index (χ3v) is 5.85. The number of carboxylic acid groups (broad SMARTS) is 1. The normalized spacial score (nSPS) is 14.9. The maximum absolute atomic E-state index is 13.3. The number of non-ortho nitro benzene ring substituents is 1. The first-order chi connectivity index (χ1) is 16.6. The first kappa shape index (κ1) is 23.5. The summed E-state index contributed by atoms with van der Waals surface area (Å²) in [6, 6.07) is 13.4. The fraction of sp³-hybridized carbons (Fsp3) is 0.0833. The highest BCUT2D eigenvalue weighted by molar-refractivity contribution is 7.80. The molecule has 2 heterocycles. The SMILES string of the molecule is Cc1cc(/C=C2/C(=O)NC(=S)N(c3ccc(C(=O)O)cc3)C2=O)c(C)n1-c1ccc([N+](=O)[O-])cc1. The van der Waals surface area contributed by atoms with Crippen molar-refractivity contribution in [3.05, 3.63) is 92.8 Å². The number of carboxylic acids is 1. The highest BCUT2D eigenvalue weighted by atomic mass is 32.1. The zero-order chi connectivity index (χ0) is 25.4. The Bertz CT molecular complexity index is 1440. The first-order valence-corrected chi connectivity index (χ1v) is 10.7. The molecule has 2 N–H and O–H groups in total. The number of carbonyl (C=O) groups is 3. The van der Waals surface area contributed by atoms with Gasteiger partial charge in [0, 0.05) is 29.2 Å². The molecule has 1 aromatic heterocycles. The zero-order valence-corrected chi connectivity index (χ0v) is 19.3. The molecule has 0 saturated carbocycles. The van der Waals surface area contributed by atoms with Crippen molar-refractivity contribution in [1.82, 2.24) is 9.88 Å². The number of amides is 2. The first-order valence-electron chi connectivity index (χ1n) is 10.3. The van der Waals surface area contributed by atoms with Gasteiger partial charge in [0.05, 0.1) is 16.2 Å². The number of nitro benzene ring substituents is 1. The smallest absolute Gasteiger partial charge is 0.335 e. The molecule has 0 radical (unpaired) electrons. The molecule has 2 amide bonds. The average Bonchev–Trinajstić information content (AvgIpc) is 3.09. The number of anilines is 1. The lowest BCUT2D eigenvalue weighted by atomic mass is 10.1. The number of thiocarbonyl (C=S) groups is 1. The van der Waals surface area contributed by atoms with Gasteiger partial charge < -0.3 is 9.67 Å². The van der Waals surface area contributed by atoms with Crippen LogP contribution in [0.3, 0.4) is 0 Å². The van der Waals surface area contributed by atoms with Crippen molar-refractivity contribution < 1.29 is 24.4 Å². The van der Waals surface area contributed by atoms with Gasteiger partial charge in [-0.25, -0.2) is 4.79 Å². The fourth-order valence-electron chi connectivity index (χ4n) is 3.86. The molecule has 3 aromatic rings. The van der Waals surface area contributed by atoms with Crippen LogP contribution in [0.4, 0.5) is 11.4 Å². The molecule has 2 aromatic carbocycles. The number of aryl methyl sites for hydroxylation is 1. The number of aromatic carboxylic acids is 1. The molecular formula is C24H18N4O6S. The third-order valence-electron chi connectivity index (χ3n) is 5.56. The van der Waals surface area contributed by atoms with E-state index >= 15 is 0 Å². The van der Waals surface area contributed by atoms with Gasteiger partial charge in [0.1, 0.15) is 5.57 Å². The minimum atomic E-state index is -1.11. The monoisotopic (exact) mass is 490 g/mol. The van der Waals surface area contributed by atoms with Crippen LogP contribution in [0, 0.1) is 24.0 Å². The lowest BCUT2D eigenvalue weighted by molar-refractivity contribution is -0.384. The highest BCUT2D eigenvalue weighted by Crippen LogP contribution is 2.27. The summed E-state index contributed by atoms with van der Waals surface area (Å²) in [5, 5.41) is 22.4. The topological polar surface area (TPSA) is 135 Å². The van der Waals surface area contributed by atoms with Crippen LogP contribution in [-0.2, 0) is 9.59 Å². The van der Waals surface area contributed by atoms with E-state index in [2.05, 4.69) is 5.32 Å². The number of aromatic nitrogens is 1. The molecule has 1 fully saturated rings. The van der Waals surface area contributed by atoms with E-state index in [1.54, 1.807) is 25.1 Å². The molecule has 10 nitrogen and oxygen atoms in total. The van der Waals surface area contributed by atoms with Gasteiger partial charge >= 0.3 is 5.97 Å². The van der Waals surface area contributed by atoms with E-state index in [9.17, 15) is 24.5 Å². The molecule has 1 aliphatic rings. The van der Waals surface area contributed by atoms with Crippen molar-refractivity contribution in [1.29, 1.82) is 0 Å². The molecule has 0 spiro atoms. The Labute approximate surface area is 204 Å². The second-order valence-electron chi connectivity index (χ2n) is 7.75. The van der Waals surface area contributed by atoms with E-state index in [0.717, 1.165) is 16.3 Å². The molecule has 4 rings (SSSR count). The van der Waals surface area contributed by atoms with Gasteiger partial charge in [0.15, 0.2) is 5.11 Å². The Balaban J connectivity index is 1.71. The van der Waals surface area contributed by atoms with E-state index in [1.807, 2.05) is 11.5 Å². The van der Waals surface area contributed by atoms with Crippen molar-refractivity contribution in [2.45, 2.75) is 13.8 Å². The molecule has 0 bridgehead atoms. The molecular weight excluding hydrogens is 472 g/mol. The van der Waals surface area contributed by atoms with Gasteiger partial charge in [-0.05, 0) is 80.2 Å². The summed E-state index contributed by atoms with van der Waals surface area (Å²) in [7, 11) is 0. The predicted octanol–water partition coefficient (Wildman–Crippen LogP) is 3.53. The zero-order valence-electron chi connectivity index (χ0n) is 18.5. The summed E-state index contributed by atoms with van der Waals surface area (Å²) >= 11 is 5.19. The Morgan fingerprint density at radius 1 is 1.06 bits per heavy atom. The number of nitro groups is 1. The molecule has 0 aliphatic carbocycles. The molecule has 0 atom stereocenters. The van der Waals surface area contributed by atoms with Crippen LogP contribution in [0.25, 0.3) is 11.8 Å². The standard InChI is InChI=1S/C24H18N4O6S/c1-13-11-16(14(2)26(13)17-7-9-19(10-8-17)28(33)34)12-20-21(29)25-24(35)27(22(20)30)18-5-3-15(4-6-18)23(31)32/h3-12H,1-2H3,(H,31,32)(H,25,29,35)/b20-12-. The van der Waals surface area contributed by atoms with Crippen molar-refractivity contribution in [2.24, 2.45) is 0 Å². The van der Waals surface area contributed by atoms with E-state index < -0.39 is 22.7 Å². The summed E-state index contributed by atoms with van der Waals surface area (Å²) < 4.78 is 1.86. The fourth-order valence-corrected chi connectivity index (χ4v) is 4.14. The van der Waals surface area contributed by atoms with Crippen LogP contribution in [0.1, 0.15) is 27.3 Å². The summed E-state index contributed by atoms with van der Waals surface area (Å²) in [4.78, 5) is 48.6. The Morgan fingerprint density at radius 3 is 2.23 bits per heavy atom. The Kier molecular flexibility index (Phi) is 6.01. The predicted molar refractivity (Wildman–Crippen MR) is 132 cm³/mol. The number of hydrogen-bond donors (Lipinski definition) is 2. The number of hydrogen-bond acceptors (Lipinski definition) is 6. The quantitative estimate of drug-likeness (QED) is 0.184. The van der Waals surface area contributed by atoms with Crippen LogP contribution >= 0.6 is 12.2 Å². The molecule has 0 unspecified atom stereocenters. The minimum absolute atomic E-state index is 0.0320. The van der Waals surface area contributed by atoms with E-state index in [4.69, 9.17) is 17.3 Å². The average molecular weight is 490 g/mol. The number of benzene rings is 2. The van der Waals surface area contributed by atoms with Crippen LogP contribution in [0.5, 0.6) is 0 Å². The molecule has 1 aliphatic heterocycles. The number of nitrogens with one attached hydrogen (secondary N) is 1. The largest absolute Gasteiger partial charge is 0.478 e. The third kappa shape index (κ3) is 4.32. The van der Waals surface area contributed by atoms with Crippen molar-refractivity contribution in [3.8, 4) is 5.69 Å². The van der Waals surface area contributed by atoms with Gasteiger partial charge in [0.2, 0.25) is 0 Å². The minimum Gasteiger partial charge on any atom is -0.478 e. The van der Waals surface area contributed by atoms with Crippen LogP contribution in [0.15, 0.2) is 60.2 Å². The lowest BCUT2D eigenvalue weighted by Gasteiger charge is -2.29. The Morgan fingerprint density at radius 2 is 1.66 bits per heavy atom. The second-order valence-corrected chi connectivity index (χ2v) is 8.13. The van der Waals surface area contributed by atoms with Crippen LogP contribution < -0.4 is 10.2 Å². The van der Waals surface area contributed by atoms with E-state index in [-0.39, 0.29) is 21.9 Å². The summed E-state index contributed by atoms with van der Waals surface area (Å²) in [5.74, 6) is -2.41. The molecule has 1 saturated heterocycles. The van der Waals surface area contributed by atoms with Gasteiger partial charge in [-0.3, -0.25) is 29.9 Å². The molecule has 35 heavy (non-hydrogen) atoms. The number of rotatable bonds is 5. The van der Waals surface area contributed by atoms with Crippen LogP contribution in [-0.4, -0.2) is 37.5 Å². The van der Waals surface area contributed by atoms with Crippen molar-refractivity contribution in [3.63, 3.8) is 0 Å². The molecule has 176 valence electrons. The van der Waals surface area contributed by atoms with Gasteiger partial charge in [-0.15, -0.1) is 0 Å². The number of carbonyl (C=O) groups excluding carboxylic acids is 2. The lowest BCUT2D eigenvalue weighted by Crippen LogP contribution is -2.54. The highest BCUT2D eigenvalue weighted by Gasteiger charge is 2.34. The van der Waals surface area contributed by atoms with E-state index in [1.165, 1.54) is 42.5 Å². The van der Waals surface area contributed by atoms with Crippen molar-refractivity contribution in [2.75, 3.05) is 4.90 Å². The van der Waals surface area contributed by atoms with Gasteiger partial charge in [0.25, 0.3) is 17.5 Å². The van der Waals surface area contributed by atoms with E-state index in [0.29, 0.717) is 16.9 Å². The summed E-state index contributed by atoms with van der Waals surface area (Å²) in [5.41, 5.74) is 2.98. The second kappa shape index (κ2) is 8.95. The summed E-state index contributed by atoms with van der Waals surface area (Å²) in [6.07, 6.45) is 1.46. The van der Waals surface area contributed by atoms with Crippen LogP contribution in [0.2, 0.25) is 0 Å².